The lowest BCUT2D eigenvalue weighted by atomic mass is 9.99. The number of carbonyl (C=O) groups excluding carboxylic acids is 1. The Bertz CT molecular complexity index is 1780. The average Bonchev–Trinajstić information content (AvgIpc) is 3.07. The summed E-state index contributed by atoms with van der Waals surface area (Å²) in [6.45, 7) is 7.15. The maximum atomic E-state index is 12.2. The molecule has 10 nitrogen and oxygen atoms in total. The van der Waals surface area contributed by atoms with Gasteiger partial charge in [0, 0.05) is 25.2 Å². The summed E-state index contributed by atoms with van der Waals surface area (Å²) in [5.41, 5.74) is 4.51. The van der Waals surface area contributed by atoms with Crippen LogP contribution in [0.4, 0.5) is 11.4 Å². The number of rotatable bonds is 18. The van der Waals surface area contributed by atoms with Gasteiger partial charge in [-0.05, 0) is 84.5 Å². The Morgan fingerprint density at radius 1 is 0.837 bits per heavy atom. The van der Waals surface area contributed by atoms with Gasteiger partial charge in [0.25, 0.3) is 0 Å². The standard InChI is InChI=1S/C38H45N3O7S/c1-5-27(2)37(38(43)44)39-36(42)15-10-24-47-31-20-22-33(23-21-31)48-32-18-16-30(17-19-32)26-41(25-29-11-7-6-8-12-29)35-14-9-13-34(28(35)3)40-49(4,45)46/h6-9,11-14,16-23,27,37,40H,5,10,15,24-26H2,1-4H3,(H,39,42)(H,43,44)/t27-,37-/m0/s1. The van der Waals surface area contributed by atoms with Gasteiger partial charge in [-0.15, -0.1) is 0 Å². The number of sulfonamides is 1. The van der Waals surface area contributed by atoms with Crippen LogP contribution >= 0.6 is 0 Å². The van der Waals surface area contributed by atoms with E-state index in [-0.39, 0.29) is 18.2 Å². The van der Waals surface area contributed by atoms with Crippen LogP contribution in [-0.4, -0.2) is 44.3 Å². The molecule has 2 atom stereocenters. The number of hydrogen-bond acceptors (Lipinski definition) is 7. The molecule has 0 aromatic heterocycles. The maximum Gasteiger partial charge on any atom is 0.326 e. The molecule has 0 aliphatic heterocycles. The molecular formula is C38H45N3O7S. The van der Waals surface area contributed by atoms with Gasteiger partial charge < -0.3 is 24.8 Å². The second-order valence-electron chi connectivity index (χ2n) is 12.1. The molecule has 11 heteroatoms. The Morgan fingerprint density at radius 3 is 2.02 bits per heavy atom. The van der Waals surface area contributed by atoms with Gasteiger partial charge in [0.15, 0.2) is 0 Å². The topological polar surface area (TPSA) is 134 Å². The lowest BCUT2D eigenvalue weighted by Gasteiger charge is -2.28. The van der Waals surface area contributed by atoms with E-state index < -0.39 is 22.0 Å². The lowest BCUT2D eigenvalue weighted by molar-refractivity contribution is -0.143. The Kier molecular flexibility index (Phi) is 13.1. The number of nitrogens with one attached hydrogen (secondary N) is 2. The molecule has 0 saturated carbocycles. The number of benzene rings is 4. The molecule has 0 bridgehead atoms. The normalized spacial score (nSPS) is 12.4. The maximum absolute atomic E-state index is 12.2. The van der Waals surface area contributed by atoms with Crippen LogP contribution in [-0.2, 0) is 32.7 Å². The average molecular weight is 688 g/mol. The predicted molar refractivity (Wildman–Crippen MR) is 193 cm³/mol. The summed E-state index contributed by atoms with van der Waals surface area (Å²) < 4.78 is 38.4. The molecule has 260 valence electrons. The summed E-state index contributed by atoms with van der Waals surface area (Å²) in [5, 5.41) is 12.0. The quantitative estimate of drug-likeness (QED) is 0.0941. The first-order chi connectivity index (χ1) is 23.4. The van der Waals surface area contributed by atoms with E-state index in [2.05, 4.69) is 27.1 Å². The minimum atomic E-state index is -3.43. The Morgan fingerprint density at radius 2 is 1.43 bits per heavy atom. The zero-order valence-corrected chi connectivity index (χ0v) is 29.2. The molecule has 3 N–H and O–H groups in total. The van der Waals surface area contributed by atoms with Crippen molar-refractivity contribution in [1.82, 2.24) is 5.32 Å². The molecular weight excluding hydrogens is 642 g/mol. The van der Waals surface area contributed by atoms with E-state index in [0.717, 1.165) is 28.6 Å². The second kappa shape index (κ2) is 17.4. The fourth-order valence-electron chi connectivity index (χ4n) is 5.28. The molecule has 0 saturated heterocycles. The number of nitrogens with zero attached hydrogens (tertiary/aromatic N) is 1. The van der Waals surface area contributed by atoms with Crippen LogP contribution in [0.2, 0.25) is 0 Å². The van der Waals surface area contributed by atoms with E-state index in [1.165, 1.54) is 0 Å². The fraction of sp³-hybridized carbons (Fsp3) is 0.316. The van der Waals surface area contributed by atoms with Crippen molar-refractivity contribution < 1.29 is 32.6 Å². The molecule has 4 aromatic carbocycles. The number of carbonyl (C=O) groups is 2. The first-order valence-electron chi connectivity index (χ1n) is 16.3. The molecule has 1 amide bonds. The van der Waals surface area contributed by atoms with Crippen LogP contribution in [0.25, 0.3) is 0 Å². The first kappa shape index (κ1) is 36.8. The number of carboxylic acids is 1. The highest BCUT2D eigenvalue weighted by Crippen LogP contribution is 2.31. The minimum Gasteiger partial charge on any atom is -0.494 e. The van der Waals surface area contributed by atoms with Crippen LogP contribution in [0.1, 0.15) is 49.8 Å². The molecule has 0 spiro atoms. The van der Waals surface area contributed by atoms with Crippen molar-refractivity contribution >= 4 is 33.3 Å². The zero-order chi connectivity index (χ0) is 35.4. The predicted octanol–water partition coefficient (Wildman–Crippen LogP) is 7.14. The summed E-state index contributed by atoms with van der Waals surface area (Å²) in [4.78, 5) is 25.9. The summed E-state index contributed by atoms with van der Waals surface area (Å²) in [7, 11) is -3.43. The third kappa shape index (κ3) is 11.6. The van der Waals surface area contributed by atoms with Gasteiger partial charge in [-0.3, -0.25) is 9.52 Å². The van der Waals surface area contributed by atoms with E-state index in [1.807, 2.05) is 68.4 Å². The SMILES string of the molecule is CC[C@H](C)[C@H](NC(=O)CCCOc1ccc(Oc2ccc(CN(Cc3ccccc3)c3cccc(NS(C)(=O)=O)c3C)cc2)cc1)C(=O)O. The minimum absolute atomic E-state index is 0.154. The molecule has 0 aliphatic rings. The van der Waals surface area contributed by atoms with Gasteiger partial charge in [0.05, 0.1) is 18.6 Å². The summed E-state index contributed by atoms with van der Waals surface area (Å²) in [5.74, 6) is 0.463. The van der Waals surface area contributed by atoms with Crippen molar-refractivity contribution in [2.24, 2.45) is 5.92 Å². The molecule has 4 aromatic rings. The van der Waals surface area contributed by atoms with Gasteiger partial charge in [0.1, 0.15) is 23.3 Å². The van der Waals surface area contributed by atoms with Crippen LogP contribution in [0.5, 0.6) is 17.2 Å². The fourth-order valence-corrected chi connectivity index (χ4v) is 5.90. The summed E-state index contributed by atoms with van der Waals surface area (Å²) in [6.07, 6.45) is 2.43. The highest BCUT2D eigenvalue weighted by atomic mass is 32.2. The molecule has 0 radical (unpaired) electrons. The van der Waals surface area contributed by atoms with Gasteiger partial charge in [-0.2, -0.15) is 0 Å². The van der Waals surface area contributed by atoms with Crippen LogP contribution < -0.4 is 24.4 Å². The highest BCUT2D eigenvalue weighted by Gasteiger charge is 2.25. The number of carboxylic acid groups (broad SMARTS) is 1. The highest BCUT2D eigenvalue weighted by molar-refractivity contribution is 7.92. The van der Waals surface area contributed by atoms with E-state index in [0.29, 0.717) is 55.5 Å². The molecule has 0 fully saturated rings. The number of hydrogen-bond donors (Lipinski definition) is 3. The van der Waals surface area contributed by atoms with Crippen molar-refractivity contribution in [3.05, 3.63) is 114 Å². The number of ether oxygens (including phenoxy) is 2. The zero-order valence-electron chi connectivity index (χ0n) is 28.4. The van der Waals surface area contributed by atoms with Crippen LogP contribution in [0.15, 0.2) is 97.1 Å². The van der Waals surface area contributed by atoms with Crippen molar-refractivity contribution in [3.8, 4) is 17.2 Å². The lowest BCUT2D eigenvalue weighted by Crippen LogP contribution is -2.45. The van der Waals surface area contributed by atoms with E-state index in [9.17, 15) is 23.1 Å². The number of amides is 1. The number of anilines is 2. The third-order valence-electron chi connectivity index (χ3n) is 8.13. The van der Waals surface area contributed by atoms with Gasteiger partial charge in [-0.1, -0.05) is 68.8 Å². The summed E-state index contributed by atoms with van der Waals surface area (Å²) >= 11 is 0. The first-order valence-corrected chi connectivity index (χ1v) is 18.2. The van der Waals surface area contributed by atoms with Crippen molar-refractivity contribution in [1.29, 1.82) is 0 Å². The monoisotopic (exact) mass is 687 g/mol. The Hall–Kier alpha value is -5.03. The number of aliphatic carboxylic acids is 1. The van der Waals surface area contributed by atoms with E-state index in [4.69, 9.17) is 9.47 Å². The molecule has 4 rings (SSSR count). The molecule has 0 aliphatic carbocycles. The van der Waals surface area contributed by atoms with Crippen LogP contribution in [0.3, 0.4) is 0 Å². The summed E-state index contributed by atoms with van der Waals surface area (Å²) in [6, 6.07) is 29.9. The largest absolute Gasteiger partial charge is 0.494 e. The molecule has 49 heavy (non-hydrogen) atoms. The van der Waals surface area contributed by atoms with E-state index in [1.54, 1.807) is 37.3 Å². The second-order valence-corrected chi connectivity index (χ2v) is 13.9. The van der Waals surface area contributed by atoms with Gasteiger partial charge in [0.2, 0.25) is 15.9 Å². The van der Waals surface area contributed by atoms with Crippen molar-refractivity contribution in [2.75, 3.05) is 22.5 Å². The molecule has 0 unspecified atom stereocenters. The van der Waals surface area contributed by atoms with Crippen LogP contribution in [0, 0.1) is 12.8 Å². The third-order valence-corrected chi connectivity index (χ3v) is 8.72. The Balaban J connectivity index is 1.33. The van der Waals surface area contributed by atoms with E-state index >= 15 is 0 Å². The Labute approximate surface area is 289 Å². The van der Waals surface area contributed by atoms with Gasteiger partial charge >= 0.3 is 5.97 Å². The van der Waals surface area contributed by atoms with Crippen molar-refractivity contribution in [3.63, 3.8) is 0 Å². The smallest absolute Gasteiger partial charge is 0.326 e. The van der Waals surface area contributed by atoms with Crippen molar-refractivity contribution in [2.45, 2.75) is 59.2 Å². The van der Waals surface area contributed by atoms with Gasteiger partial charge in [-0.25, -0.2) is 13.2 Å². The molecule has 0 heterocycles.